The van der Waals surface area contributed by atoms with Gasteiger partial charge in [0.25, 0.3) is 0 Å². The van der Waals surface area contributed by atoms with Crippen LogP contribution in [0.3, 0.4) is 0 Å². The zero-order valence-corrected chi connectivity index (χ0v) is 14.7. The molecule has 0 amide bonds. The van der Waals surface area contributed by atoms with Gasteiger partial charge in [0, 0.05) is 18.3 Å². The molecule has 0 aliphatic carbocycles. The average molecular weight is 423 g/mol. The Balaban J connectivity index is 2.17. The number of nitro benzene ring substituents is 1. The molecule has 0 aliphatic rings. The second kappa shape index (κ2) is 6.85. The fourth-order valence-corrected chi connectivity index (χ4v) is 3.39. The summed E-state index contributed by atoms with van der Waals surface area (Å²) in [5, 5.41) is 18.1. The Kier molecular flexibility index (Phi) is 4.86. The lowest BCUT2D eigenvalue weighted by Gasteiger charge is -2.09. The van der Waals surface area contributed by atoms with Crippen LogP contribution >= 0.6 is 23.4 Å². The first-order chi connectivity index (χ1) is 12.6. The molecule has 13 heteroatoms. The van der Waals surface area contributed by atoms with Crippen molar-refractivity contribution in [2.45, 2.75) is 16.2 Å². The van der Waals surface area contributed by atoms with Crippen molar-refractivity contribution >= 4 is 34.7 Å². The minimum absolute atomic E-state index is 0.0107. The molecule has 0 radical (unpaired) electrons. The third-order valence-electron chi connectivity index (χ3n) is 3.38. The molecule has 0 spiro atoms. The quantitative estimate of drug-likeness (QED) is 0.347. The van der Waals surface area contributed by atoms with Gasteiger partial charge in [-0.25, -0.2) is 0 Å². The van der Waals surface area contributed by atoms with Crippen LogP contribution in [0.15, 0.2) is 34.4 Å². The first kappa shape index (κ1) is 19.2. The predicted molar refractivity (Wildman–Crippen MR) is 86.7 cm³/mol. The van der Waals surface area contributed by atoms with Crippen LogP contribution in [0.2, 0.25) is 5.02 Å². The minimum atomic E-state index is -4.68. The molecule has 0 unspecified atom stereocenters. The second-order valence-corrected chi connectivity index (χ2v) is 6.48. The van der Waals surface area contributed by atoms with Gasteiger partial charge in [0.05, 0.1) is 27.5 Å². The monoisotopic (exact) mass is 422 g/mol. The fourth-order valence-electron chi connectivity index (χ4n) is 2.18. The van der Waals surface area contributed by atoms with Gasteiger partial charge in [-0.15, -0.1) is 10.2 Å². The van der Waals surface area contributed by atoms with Crippen molar-refractivity contribution in [1.82, 2.24) is 14.6 Å². The van der Waals surface area contributed by atoms with Gasteiger partial charge in [0.2, 0.25) is 11.0 Å². The van der Waals surface area contributed by atoms with Crippen LogP contribution in [-0.4, -0.2) is 26.6 Å². The zero-order chi connectivity index (χ0) is 19.9. The second-order valence-electron chi connectivity index (χ2n) is 5.07. The molecule has 0 N–H and O–H groups in total. The van der Waals surface area contributed by atoms with Crippen molar-refractivity contribution < 1.29 is 27.2 Å². The molecule has 3 aromatic rings. The van der Waals surface area contributed by atoms with E-state index in [0.29, 0.717) is 24.0 Å². The summed E-state index contributed by atoms with van der Waals surface area (Å²) in [5.74, 6) is -1.17. The molecule has 1 aromatic carbocycles. The highest BCUT2D eigenvalue weighted by molar-refractivity contribution is 7.99. The number of pyridine rings is 1. The number of aromatic nitrogens is 3. The van der Waals surface area contributed by atoms with E-state index in [0.717, 1.165) is 10.5 Å². The van der Waals surface area contributed by atoms with E-state index in [1.54, 1.807) is 0 Å². The van der Waals surface area contributed by atoms with E-state index in [4.69, 9.17) is 16.3 Å². The smallest absolute Gasteiger partial charge is 0.417 e. The highest BCUT2D eigenvalue weighted by atomic mass is 35.5. The minimum Gasteiger partial charge on any atom is -0.497 e. The van der Waals surface area contributed by atoms with E-state index >= 15 is 0 Å². The lowest BCUT2D eigenvalue weighted by molar-refractivity contribution is -0.390. The molecule has 0 aliphatic heterocycles. The number of nitro groups is 1. The van der Waals surface area contributed by atoms with Crippen LogP contribution in [0.1, 0.15) is 5.56 Å². The Bertz CT molecular complexity index is 1060. The molecule has 0 saturated heterocycles. The van der Waals surface area contributed by atoms with Gasteiger partial charge < -0.3 is 4.74 Å². The number of methoxy groups -OCH3 is 1. The Morgan fingerprint density at radius 3 is 2.59 bits per heavy atom. The van der Waals surface area contributed by atoms with Gasteiger partial charge in [-0.1, -0.05) is 11.6 Å². The summed E-state index contributed by atoms with van der Waals surface area (Å²) >= 11 is 6.37. The summed E-state index contributed by atoms with van der Waals surface area (Å²) in [7, 11) is 1.23. The topological polar surface area (TPSA) is 82.6 Å². The third kappa shape index (κ3) is 3.62. The predicted octanol–water partition coefficient (Wildman–Crippen LogP) is 4.61. The van der Waals surface area contributed by atoms with Gasteiger partial charge in [-0.05, 0) is 17.8 Å². The molecule has 27 heavy (non-hydrogen) atoms. The SMILES string of the molecule is COc1cc(F)c([N+](=O)[O-])c(Sc2nnc3c(Cl)cc(C(F)(F)F)cn23)c1. The van der Waals surface area contributed by atoms with Gasteiger partial charge in [-0.2, -0.15) is 17.6 Å². The summed E-state index contributed by atoms with van der Waals surface area (Å²) in [6.45, 7) is 0. The van der Waals surface area contributed by atoms with Crippen LogP contribution in [0.5, 0.6) is 5.75 Å². The van der Waals surface area contributed by atoms with E-state index in [-0.39, 0.29) is 26.5 Å². The Labute approximate surface area is 157 Å². The van der Waals surface area contributed by atoms with Crippen LogP contribution < -0.4 is 4.74 Å². The molecule has 142 valence electrons. The van der Waals surface area contributed by atoms with Crippen molar-refractivity contribution in [3.05, 3.63) is 50.9 Å². The first-order valence-corrected chi connectivity index (χ1v) is 8.12. The summed E-state index contributed by atoms with van der Waals surface area (Å²) in [6, 6.07) is 2.68. The normalized spacial score (nSPS) is 11.8. The van der Waals surface area contributed by atoms with Crippen molar-refractivity contribution in [2.75, 3.05) is 7.11 Å². The highest BCUT2D eigenvalue weighted by Crippen LogP contribution is 2.40. The van der Waals surface area contributed by atoms with Crippen molar-refractivity contribution in [2.24, 2.45) is 0 Å². The van der Waals surface area contributed by atoms with E-state index in [1.807, 2.05) is 0 Å². The molecule has 7 nitrogen and oxygen atoms in total. The molecule has 0 fully saturated rings. The van der Waals surface area contributed by atoms with Crippen LogP contribution in [0, 0.1) is 15.9 Å². The number of rotatable bonds is 4. The van der Waals surface area contributed by atoms with Crippen LogP contribution in [0.4, 0.5) is 23.2 Å². The summed E-state index contributed by atoms with van der Waals surface area (Å²) in [4.78, 5) is 10.0. The molecule has 0 saturated carbocycles. The standard InChI is InChI=1S/C14H7ClF4N4O3S/c1-26-7-3-9(16)11(23(24)25)10(4-7)27-13-21-20-12-8(15)2-6(5-22(12)13)14(17,18)19/h2-5H,1H3. The molecule has 2 heterocycles. The zero-order valence-electron chi connectivity index (χ0n) is 13.1. The number of hydrogen-bond acceptors (Lipinski definition) is 6. The Morgan fingerprint density at radius 1 is 1.30 bits per heavy atom. The largest absolute Gasteiger partial charge is 0.497 e. The van der Waals surface area contributed by atoms with Crippen LogP contribution in [-0.2, 0) is 6.18 Å². The highest BCUT2D eigenvalue weighted by Gasteiger charge is 2.32. The molecular formula is C14H7ClF4N4O3S. The van der Waals surface area contributed by atoms with Crippen LogP contribution in [0.25, 0.3) is 5.65 Å². The number of alkyl halides is 3. The third-order valence-corrected chi connectivity index (χ3v) is 4.65. The number of ether oxygens (including phenoxy) is 1. The number of fused-ring (bicyclic) bond motifs is 1. The summed E-state index contributed by atoms with van der Waals surface area (Å²) < 4.78 is 58.8. The maximum absolute atomic E-state index is 14.0. The Morgan fingerprint density at radius 2 is 2.00 bits per heavy atom. The van der Waals surface area contributed by atoms with Gasteiger partial charge in [-0.3, -0.25) is 14.5 Å². The molecule has 2 aromatic heterocycles. The van der Waals surface area contributed by atoms with E-state index in [1.165, 1.54) is 13.2 Å². The van der Waals surface area contributed by atoms with E-state index in [2.05, 4.69) is 10.2 Å². The maximum Gasteiger partial charge on any atom is 0.417 e. The van der Waals surface area contributed by atoms with Gasteiger partial charge >= 0.3 is 11.9 Å². The summed E-state index contributed by atoms with van der Waals surface area (Å²) in [6.07, 6.45) is -3.98. The molecule has 3 rings (SSSR count). The average Bonchev–Trinajstić information content (AvgIpc) is 2.96. The van der Waals surface area contributed by atoms with Gasteiger partial charge in [0.15, 0.2) is 5.65 Å². The van der Waals surface area contributed by atoms with E-state index < -0.39 is 28.2 Å². The Hall–Kier alpha value is -2.60. The number of benzene rings is 1. The molecule has 0 atom stereocenters. The first-order valence-electron chi connectivity index (χ1n) is 6.93. The van der Waals surface area contributed by atoms with Crippen molar-refractivity contribution in [3.8, 4) is 5.75 Å². The van der Waals surface area contributed by atoms with Crippen molar-refractivity contribution in [1.29, 1.82) is 0 Å². The summed E-state index contributed by atoms with van der Waals surface area (Å²) in [5.41, 5.74) is -2.01. The maximum atomic E-state index is 14.0. The lowest BCUT2D eigenvalue weighted by Crippen LogP contribution is -2.07. The van der Waals surface area contributed by atoms with Crippen molar-refractivity contribution in [3.63, 3.8) is 0 Å². The number of halogens is 5. The number of nitrogens with zero attached hydrogens (tertiary/aromatic N) is 4. The molecule has 0 bridgehead atoms. The van der Waals surface area contributed by atoms with E-state index in [9.17, 15) is 27.7 Å². The fraction of sp³-hybridized carbons (Fsp3) is 0.143. The number of hydrogen-bond donors (Lipinski definition) is 0. The van der Waals surface area contributed by atoms with Gasteiger partial charge in [0.1, 0.15) is 5.75 Å². The molecular weight excluding hydrogens is 416 g/mol. The lowest BCUT2D eigenvalue weighted by atomic mass is 10.3.